The highest BCUT2D eigenvalue weighted by molar-refractivity contribution is 6.71. The van der Waals surface area contributed by atoms with Crippen LogP contribution in [0.25, 0.3) is 5.76 Å². The first kappa shape index (κ1) is 25.8. The van der Waals surface area contributed by atoms with E-state index >= 15 is 0 Å². The molecule has 33 heavy (non-hydrogen) atoms. The first-order valence-corrected chi connectivity index (χ1v) is 16.3. The molecule has 0 bridgehead atoms. The summed E-state index contributed by atoms with van der Waals surface area (Å²) in [5.74, 6) is 1.80. The van der Waals surface area contributed by atoms with Crippen LogP contribution in [-0.4, -0.2) is 14.9 Å². The van der Waals surface area contributed by atoms with Gasteiger partial charge in [-0.1, -0.05) is 106 Å². The minimum atomic E-state index is -1.61. The smallest absolute Gasteiger partial charge is 0.245 e. The molecule has 0 aromatic heterocycles. The second-order valence-corrected chi connectivity index (χ2v) is 14.4. The topological polar surface area (TPSA) is 18.5 Å². The van der Waals surface area contributed by atoms with Gasteiger partial charge in [0.1, 0.15) is 5.76 Å². The van der Waals surface area contributed by atoms with Gasteiger partial charge in [0.25, 0.3) is 0 Å². The number of benzene rings is 2. The van der Waals surface area contributed by atoms with Crippen molar-refractivity contribution in [2.75, 3.05) is 6.61 Å². The van der Waals surface area contributed by atoms with E-state index in [-0.39, 0.29) is 0 Å². The molecule has 1 unspecified atom stereocenters. The van der Waals surface area contributed by atoms with E-state index in [4.69, 9.17) is 9.16 Å². The fourth-order valence-electron chi connectivity index (χ4n) is 4.71. The van der Waals surface area contributed by atoms with Crippen molar-refractivity contribution in [2.45, 2.75) is 90.0 Å². The third kappa shape index (κ3) is 10.3. The van der Waals surface area contributed by atoms with Crippen molar-refractivity contribution in [1.29, 1.82) is 0 Å². The Hall–Kier alpha value is -1.84. The Morgan fingerprint density at radius 3 is 2.18 bits per heavy atom. The lowest BCUT2D eigenvalue weighted by Gasteiger charge is -2.30. The van der Waals surface area contributed by atoms with Gasteiger partial charge in [-0.2, -0.15) is 0 Å². The Morgan fingerprint density at radius 2 is 1.45 bits per heavy atom. The van der Waals surface area contributed by atoms with Crippen LogP contribution in [-0.2, 0) is 15.8 Å². The number of rotatable bonds is 13. The molecule has 2 aromatic carbocycles. The highest BCUT2D eigenvalue weighted by Crippen LogP contribution is 2.32. The van der Waals surface area contributed by atoms with Crippen molar-refractivity contribution < 1.29 is 9.16 Å². The van der Waals surface area contributed by atoms with Gasteiger partial charge in [0.05, 0.1) is 6.61 Å². The van der Waals surface area contributed by atoms with E-state index in [1.54, 1.807) is 0 Å². The lowest BCUT2D eigenvalue weighted by molar-refractivity contribution is 0.116. The maximum Gasteiger partial charge on any atom is 0.245 e. The third-order valence-electron chi connectivity index (χ3n) is 6.66. The van der Waals surface area contributed by atoms with Gasteiger partial charge >= 0.3 is 0 Å². The monoisotopic (exact) mass is 464 g/mol. The fraction of sp³-hybridized carbons (Fsp3) is 0.533. The van der Waals surface area contributed by atoms with E-state index in [0.717, 1.165) is 19.0 Å². The van der Waals surface area contributed by atoms with E-state index < -0.39 is 8.32 Å². The average Bonchev–Trinajstić information content (AvgIpc) is 2.81. The summed E-state index contributed by atoms with van der Waals surface area (Å²) >= 11 is 0. The zero-order valence-corrected chi connectivity index (χ0v) is 21.9. The number of hydrogen-bond donors (Lipinski definition) is 0. The van der Waals surface area contributed by atoms with Crippen molar-refractivity contribution in [3.63, 3.8) is 0 Å². The predicted octanol–water partition coefficient (Wildman–Crippen LogP) is 9.00. The van der Waals surface area contributed by atoms with Crippen LogP contribution in [0.1, 0.15) is 75.3 Å². The zero-order valence-electron chi connectivity index (χ0n) is 20.9. The van der Waals surface area contributed by atoms with Gasteiger partial charge in [0, 0.05) is 12.2 Å². The molecule has 0 aliphatic carbocycles. The second-order valence-electron chi connectivity index (χ2n) is 10.2. The molecule has 0 N–H and O–H groups in total. The van der Waals surface area contributed by atoms with E-state index in [1.165, 1.54) is 81.4 Å². The molecule has 2 aromatic rings. The lowest BCUT2D eigenvalue weighted by Crippen LogP contribution is -2.30. The van der Waals surface area contributed by atoms with Gasteiger partial charge in [0.15, 0.2) is 0 Å². The number of ether oxygens (including phenoxy) is 1. The zero-order chi connectivity index (χ0) is 23.2. The van der Waals surface area contributed by atoms with Crippen LogP contribution in [0.2, 0.25) is 19.1 Å². The molecule has 0 fully saturated rings. The molecule has 0 saturated heterocycles. The van der Waals surface area contributed by atoms with Gasteiger partial charge in [-0.3, -0.25) is 0 Å². The highest BCUT2D eigenvalue weighted by atomic mass is 28.4. The van der Waals surface area contributed by atoms with Crippen LogP contribution in [0.3, 0.4) is 0 Å². The molecule has 180 valence electrons. The molecule has 1 atom stereocenters. The normalized spacial score (nSPS) is 19.7. The summed E-state index contributed by atoms with van der Waals surface area (Å²) in [4.78, 5) is 0. The van der Waals surface area contributed by atoms with Crippen LogP contribution in [0.5, 0.6) is 0 Å². The van der Waals surface area contributed by atoms with Crippen molar-refractivity contribution in [2.24, 2.45) is 5.92 Å². The minimum absolute atomic E-state index is 0.659. The number of unbranched alkanes of at least 4 members (excludes halogenated alkanes) is 6. The lowest BCUT2D eigenvalue weighted by atomic mass is 9.94. The maximum atomic E-state index is 6.61. The molecule has 0 spiro atoms. The summed E-state index contributed by atoms with van der Waals surface area (Å²) in [5, 5.41) is 0. The first-order valence-electron chi connectivity index (χ1n) is 13.2. The Balaban J connectivity index is 1.28. The average molecular weight is 465 g/mol. The Labute approximate surface area is 203 Å². The molecule has 1 aliphatic heterocycles. The van der Waals surface area contributed by atoms with Crippen molar-refractivity contribution in [3.8, 4) is 0 Å². The first-order chi connectivity index (χ1) is 16.1. The van der Waals surface area contributed by atoms with E-state index in [1.807, 2.05) is 0 Å². The summed E-state index contributed by atoms with van der Waals surface area (Å²) in [6.07, 6.45) is 15.6. The fourth-order valence-corrected chi connectivity index (χ4v) is 6.65. The Kier molecular flexibility index (Phi) is 11.3. The standard InChI is InChI=1S/C30H44O2Si/c1-33(2)24-16-20-27(25-30(32-33)29-21-13-9-14-22-29)17-10-6-4-3-5-7-15-23-31-26-28-18-11-8-12-19-28/h8-9,11-14,18-19,21-22,25,27H,3-7,10,15-17,20,23-24,26H2,1-2H3/b30-25-. The van der Waals surface area contributed by atoms with Gasteiger partial charge < -0.3 is 9.16 Å². The SMILES string of the molecule is C[Si]1(C)CCCC(CCCCCCCCCOCc2ccccc2)/C=C(/c2ccccc2)O1. The molecular formula is C30H44O2Si. The molecule has 1 heterocycles. The maximum absolute atomic E-state index is 6.61. The van der Waals surface area contributed by atoms with Crippen molar-refractivity contribution in [1.82, 2.24) is 0 Å². The third-order valence-corrected chi connectivity index (χ3v) is 8.99. The number of hydrogen-bond acceptors (Lipinski definition) is 2. The number of allylic oxidation sites excluding steroid dienone is 1. The van der Waals surface area contributed by atoms with E-state index in [2.05, 4.69) is 79.8 Å². The van der Waals surface area contributed by atoms with Gasteiger partial charge in [-0.05, 0) is 56.0 Å². The van der Waals surface area contributed by atoms with Gasteiger partial charge in [-0.25, -0.2) is 0 Å². The van der Waals surface area contributed by atoms with Gasteiger partial charge in [0.2, 0.25) is 8.32 Å². The summed E-state index contributed by atoms with van der Waals surface area (Å²) in [6, 6.07) is 22.5. The summed E-state index contributed by atoms with van der Waals surface area (Å²) in [7, 11) is -1.61. The van der Waals surface area contributed by atoms with Crippen LogP contribution in [0.15, 0.2) is 66.7 Å². The molecule has 0 saturated carbocycles. The van der Waals surface area contributed by atoms with Crippen molar-refractivity contribution in [3.05, 3.63) is 77.9 Å². The highest BCUT2D eigenvalue weighted by Gasteiger charge is 2.28. The quantitative estimate of drug-likeness (QED) is 0.217. The molecular weight excluding hydrogens is 420 g/mol. The molecule has 2 nitrogen and oxygen atoms in total. The van der Waals surface area contributed by atoms with Crippen molar-refractivity contribution >= 4 is 14.1 Å². The van der Waals surface area contributed by atoms with E-state index in [0.29, 0.717) is 5.92 Å². The van der Waals surface area contributed by atoms with Crippen LogP contribution in [0, 0.1) is 5.92 Å². The molecule has 3 heteroatoms. The Bertz CT molecular complexity index is 801. The summed E-state index contributed by atoms with van der Waals surface area (Å²) in [5.41, 5.74) is 2.52. The molecule has 1 aliphatic rings. The second kappa shape index (κ2) is 14.4. The summed E-state index contributed by atoms with van der Waals surface area (Å²) in [6.45, 7) is 6.35. The molecule has 3 rings (SSSR count). The Morgan fingerprint density at radius 1 is 0.818 bits per heavy atom. The predicted molar refractivity (Wildman–Crippen MR) is 144 cm³/mol. The molecule has 0 radical (unpaired) electrons. The van der Waals surface area contributed by atoms with E-state index in [9.17, 15) is 0 Å². The van der Waals surface area contributed by atoms with Crippen LogP contribution < -0.4 is 0 Å². The largest absolute Gasteiger partial charge is 0.544 e. The van der Waals surface area contributed by atoms with Crippen LogP contribution >= 0.6 is 0 Å². The molecule has 0 amide bonds. The van der Waals surface area contributed by atoms with Crippen LogP contribution in [0.4, 0.5) is 0 Å². The summed E-state index contributed by atoms with van der Waals surface area (Å²) < 4.78 is 12.4. The minimum Gasteiger partial charge on any atom is -0.544 e. The van der Waals surface area contributed by atoms with Gasteiger partial charge in [-0.15, -0.1) is 0 Å².